The van der Waals surface area contributed by atoms with Crippen molar-refractivity contribution in [2.75, 3.05) is 26.2 Å². The van der Waals surface area contributed by atoms with Crippen LogP contribution in [0.1, 0.15) is 30.5 Å². The SMILES string of the molecule is CC[C@H](c1c(Cl)ccc(C)c1F)N1CCNCC1. The molecule has 0 spiro atoms. The first-order valence-corrected chi connectivity index (χ1v) is 6.92. The molecule has 1 aromatic rings. The minimum Gasteiger partial charge on any atom is -0.314 e. The highest BCUT2D eigenvalue weighted by atomic mass is 35.5. The average Bonchev–Trinajstić information content (AvgIpc) is 2.40. The fraction of sp³-hybridized carbons (Fsp3) is 0.571. The first-order chi connectivity index (χ1) is 8.65. The van der Waals surface area contributed by atoms with Crippen molar-refractivity contribution in [3.8, 4) is 0 Å². The van der Waals surface area contributed by atoms with Gasteiger partial charge < -0.3 is 5.32 Å². The normalized spacial score (nSPS) is 18.9. The molecule has 1 aliphatic heterocycles. The molecule has 1 fully saturated rings. The van der Waals surface area contributed by atoms with Crippen molar-refractivity contribution in [2.24, 2.45) is 0 Å². The first kappa shape index (κ1) is 13.8. The van der Waals surface area contributed by atoms with Crippen LogP contribution in [0.25, 0.3) is 0 Å². The van der Waals surface area contributed by atoms with E-state index in [-0.39, 0.29) is 11.9 Å². The molecule has 0 amide bonds. The lowest BCUT2D eigenvalue weighted by Gasteiger charge is -2.35. The zero-order valence-electron chi connectivity index (χ0n) is 11.0. The molecule has 18 heavy (non-hydrogen) atoms. The van der Waals surface area contributed by atoms with Crippen molar-refractivity contribution in [2.45, 2.75) is 26.3 Å². The van der Waals surface area contributed by atoms with Gasteiger partial charge in [-0.05, 0) is 25.0 Å². The van der Waals surface area contributed by atoms with E-state index >= 15 is 0 Å². The summed E-state index contributed by atoms with van der Waals surface area (Å²) < 4.78 is 14.3. The van der Waals surface area contributed by atoms with Crippen molar-refractivity contribution in [3.05, 3.63) is 34.1 Å². The molecule has 4 heteroatoms. The van der Waals surface area contributed by atoms with E-state index in [9.17, 15) is 4.39 Å². The number of hydrogen-bond acceptors (Lipinski definition) is 2. The van der Waals surface area contributed by atoms with Gasteiger partial charge in [-0.15, -0.1) is 0 Å². The van der Waals surface area contributed by atoms with E-state index in [1.54, 1.807) is 19.1 Å². The second-order valence-electron chi connectivity index (χ2n) is 4.80. The largest absolute Gasteiger partial charge is 0.314 e. The Morgan fingerprint density at radius 1 is 1.39 bits per heavy atom. The van der Waals surface area contributed by atoms with Gasteiger partial charge in [0.1, 0.15) is 5.82 Å². The minimum atomic E-state index is -0.145. The van der Waals surface area contributed by atoms with Gasteiger partial charge in [0.05, 0.1) is 0 Å². The summed E-state index contributed by atoms with van der Waals surface area (Å²) in [5.74, 6) is -0.145. The van der Waals surface area contributed by atoms with Crippen LogP contribution in [0, 0.1) is 12.7 Å². The Hall–Kier alpha value is -0.640. The average molecular weight is 271 g/mol. The van der Waals surface area contributed by atoms with Crippen LogP contribution < -0.4 is 5.32 Å². The Bertz CT molecular complexity index is 417. The second-order valence-corrected chi connectivity index (χ2v) is 5.21. The summed E-state index contributed by atoms with van der Waals surface area (Å²) in [6.45, 7) is 7.69. The highest BCUT2D eigenvalue weighted by Gasteiger charge is 2.25. The fourth-order valence-corrected chi connectivity index (χ4v) is 2.89. The van der Waals surface area contributed by atoms with Gasteiger partial charge in [-0.25, -0.2) is 4.39 Å². The van der Waals surface area contributed by atoms with E-state index in [4.69, 9.17) is 11.6 Å². The zero-order chi connectivity index (χ0) is 13.1. The molecule has 0 unspecified atom stereocenters. The van der Waals surface area contributed by atoms with E-state index in [0.717, 1.165) is 32.6 Å². The maximum atomic E-state index is 14.3. The molecule has 1 N–H and O–H groups in total. The van der Waals surface area contributed by atoms with Crippen LogP contribution in [0.3, 0.4) is 0 Å². The van der Waals surface area contributed by atoms with Crippen LogP contribution in [-0.2, 0) is 0 Å². The Morgan fingerprint density at radius 2 is 2.06 bits per heavy atom. The second kappa shape index (κ2) is 6.00. The summed E-state index contributed by atoms with van der Waals surface area (Å²) in [6, 6.07) is 3.63. The van der Waals surface area contributed by atoms with Crippen LogP contribution in [0.5, 0.6) is 0 Å². The third-order valence-electron chi connectivity index (χ3n) is 3.63. The maximum Gasteiger partial charge on any atom is 0.132 e. The molecule has 0 radical (unpaired) electrons. The van der Waals surface area contributed by atoms with Gasteiger partial charge in [0.2, 0.25) is 0 Å². The number of piperazine rings is 1. The molecular weight excluding hydrogens is 251 g/mol. The third-order valence-corrected chi connectivity index (χ3v) is 3.96. The molecule has 0 bridgehead atoms. The van der Waals surface area contributed by atoms with Gasteiger partial charge in [0, 0.05) is 42.8 Å². The van der Waals surface area contributed by atoms with Gasteiger partial charge in [0.25, 0.3) is 0 Å². The van der Waals surface area contributed by atoms with Gasteiger partial charge in [0.15, 0.2) is 0 Å². The van der Waals surface area contributed by atoms with Crippen molar-refractivity contribution in [1.29, 1.82) is 0 Å². The maximum absolute atomic E-state index is 14.3. The van der Waals surface area contributed by atoms with Gasteiger partial charge >= 0.3 is 0 Å². The molecule has 1 heterocycles. The summed E-state index contributed by atoms with van der Waals surface area (Å²) in [5, 5.41) is 3.86. The molecule has 2 rings (SSSR count). The summed E-state index contributed by atoms with van der Waals surface area (Å²) in [4.78, 5) is 2.32. The highest BCUT2D eigenvalue weighted by Crippen LogP contribution is 2.33. The van der Waals surface area contributed by atoms with E-state index in [1.165, 1.54) is 0 Å². The molecule has 0 aliphatic carbocycles. The topological polar surface area (TPSA) is 15.3 Å². The van der Waals surface area contributed by atoms with Crippen LogP contribution in [0.15, 0.2) is 12.1 Å². The lowest BCUT2D eigenvalue weighted by molar-refractivity contribution is 0.166. The van der Waals surface area contributed by atoms with Crippen LogP contribution in [0.4, 0.5) is 4.39 Å². The number of nitrogens with one attached hydrogen (secondary N) is 1. The standard InChI is InChI=1S/C14H20ClFN2/c1-3-12(18-8-6-17-7-9-18)13-11(15)5-4-10(2)14(13)16/h4-5,12,17H,3,6-9H2,1-2H3/t12-/m1/s1. The smallest absolute Gasteiger partial charge is 0.132 e. The van der Waals surface area contributed by atoms with Gasteiger partial charge in [-0.2, -0.15) is 0 Å². The number of nitrogens with zero attached hydrogens (tertiary/aromatic N) is 1. The van der Waals surface area contributed by atoms with Crippen LogP contribution in [0.2, 0.25) is 5.02 Å². The predicted molar refractivity (Wildman–Crippen MR) is 73.6 cm³/mol. The predicted octanol–water partition coefficient (Wildman–Crippen LogP) is 3.14. The molecule has 0 saturated carbocycles. The monoisotopic (exact) mass is 270 g/mol. The number of aryl methyl sites for hydroxylation is 1. The Morgan fingerprint density at radius 3 is 2.67 bits per heavy atom. The number of benzene rings is 1. The molecule has 1 aliphatic rings. The van der Waals surface area contributed by atoms with Crippen molar-refractivity contribution < 1.29 is 4.39 Å². The highest BCUT2D eigenvalue weighted by molar-refractivity contribution is 6.31. The number of hydrogen-bond donors (Lipinski definition) is 1. The fourth-order valence-electron chi connectivity index (χ4n) is 2.62. The summed E-state index contributed by atoms with van der Waals surface area (Å²) >= 11 is 6.21. The Labute approximate surface area is 113 Å². The van der Waals surface area contributed by atoms with E-state index in [2.05, 4.69) is 17.1 Å². The lowest BCUT2D eigenvalue weighted by Crippen LogP contribution is -2.45. The van der Waals surface area contributed by atoms with Crippen molar-refractivity contribution in [3.63, 3.8) is 0 Å². The molecule has 1 atom stereocenters. The Kier molecular flexibility index (Phi) is 4.60. The zero-order valence-corrected chi connectivity index (χ0v) is 11.7. The lowest BCUT2D eigenvalue weighted by atomic mass is 9.99. The van der Waals surface area contributed by atoms with E-state index in [0.29, 0.717) is 16.1 Å². The molecule has 0 aromatic heterocycles. The molecule has 2 nitrogen and oxygen atoms in total. The summed E-state index contributed by atoms with van der Waals surface area (Å²) in [6.07, 6.45) is 0.875. The molecule has 100 valence electrons. The molecular formula is C14H20ClFN2. The number of rotatable bonds is 3. The van der Waals surface area contributed by atoms with Gasteiger partial charge in [-0.3, -0.25) is 4.90 Å². The third kappa shape index (κ3) is 2.68. The van der Waals surface area contributed by atoms with Crippen molar-refractivity contribution >= 4 is 11.6 Å². The van der Waals surface area contributed by atoms with Crippen LogP contribution >= 0.6 is 11.6 Å². The van der Waals surface area contributed by atoms with Gasteiger partial charge in [-0.1, -0.05) is 24.6 Å². The van der Waals surface area contributed by atoms with Crippen LogP contribution in [-0.4, -0.2) is 31.1 Å². The molecule has 1 aromatic carbocycles. The number of halogens is 2. The van der Waals surface area contributed by atoms with E-state index in [1.807, 2.05) is 0 Å². The van der Waals surface area contributed by atoms with E-state index < -0.39 is 0 Å². The minimum absolute atomic E-state index is 0.0829. The summed E-state index contributed by atoms with van der Waals surface area (Å²) in [5.41, 5.74) is 1.34. The molecule has 1 saturated heterocycles. The first-order valence-electron chi connectivity index (χ1n) is 6.54. The Balaban J connectivity index is 2.34. The van der Waals surface area contributed by atoms with Crippen molar-refractivity contribution in [1.82, 2.24) is 10.2 Å². The summed E-state index contributed by atoms with van der Waals surface area (Å²) in [7, 11) is 0. The quantitative estimate of drug-likeness (QED) is 0.908.